The van der Waals surface area contributed by atoms with Gasteiger partial charge in [0.1, 0.15) is 5.75 Å². The van der Waals surface area contributed by atoms with Crippen molar-refractivity contribution in [3.05, 3.63) is 28.8 Å². The van der Waals surface area contributed by atoms with Gasteiger partial charge < -0.3 is 14.7 Å². The van der Waals surface area contributed by atoms with Crippen LogP contribution in [0.3, 0.4) is 0 Å². The minimum Gasteiger partial charge on any atom is -0.481 e. The highest BCUT2D eigenvalue weighted by Crippen LogP contribution is 2.24. The van der Waals surface area contributed by atoms with Crippen molar-refractivity contribution < 1.29 is 14.6 Å². The van der Waals surface area contributed by atoms with E-state index in [9.17, 15) is 9.90 Å². The highest BCUT2D eigenvalue weighted by molar-refractivity contribution is 6.30. The number of benzene rings is 1. The normalized spacial score (nSPS) is 20.2. The van der Waals surface area contributed by atoms with Gasteiger partial charge in [-0.2, -0.15) is 0 Å². The molecule has 0 saturated carbocycles. The quantitative estimate of drug-likeness (QED) is 0.930. The number of ether oxygens (including phenoxy) is 1. The fraction of sp³-hybridized carbons (Fsp3) is 0.562. The van der Waals surface area contributed by atoms with E-state index in [0.717, 1.165) is 24.9 Å². The topological polar surface area (TPSA) is 49.8 Å². The molecule has 2 unspecified atom stereocenters. The number of hydrogen-bond acceptors (Lipinski definition) is 3. The number of rotatable bonds is 4. The molecule has 1 fully saturated rings. The van der Waals surface area contributed by atoms with Crippen molar-refractivity contribution in [3.8, 4) is 5.75 Å². The zero-order chi connectivity index (χ0) is 15.4. The van der Waals surface area contributed by atoms with Crippen LogP contribution in [-0.2, 0) is 4.79 Å². The summed E-state index contributed by atoms with van der Waals surface area (Å²) in [6, 6.07) is 5.36. The van der Waals surface area contributed by atoms with E-state index in [0.29, 0.717) is 17.3 Å². The van der Waals surface area contributed by atoms with Crippen LogP contribution < -0.4 is 4.74 Å². The molecule has 21 heavy (non-hydrogen) atoms. The standard InChI is InChI=1S/C16H22ClNO3/c1-11-8-14(17)5-6-15(11)21-12(2)16(20)18-7-3-4-13(9-18)10-19/h5-6,8,12-13,19H,3-4,7,9-10H2,1-2H3. The Morgan fingerprint density at radius 2 is 2.33 bits per heavy atom. The third-order valence-corrected chi connectivity index (χ3v) is 4.11. The summed E-state index contributed by atoms with van der Waals surface area (Å²) in [5.74, 6) is 0.839. The van der Waals surface area contributed by atoms with Gasteiger partial charge in [-0.05, 0) is 56.4 Å². The van der Waals surface area contributed by atoms with Gasteiger partial charge in [-0.25, -0.2) is 0 Å². The Kier molecular flexibility index (Phi) is 5.48. The number of carbonyl (C=O) groups excluding carboxylic acids is 1. The lowest BCUT2D eigenvalue weighted by atomic mass is 9.99. The minimum absolute atomic E-state index is 0.0255. The van der Waals surface area contributed by atoms with Crippen molar-refractivity contribution in [1.82, 2.24) is 4.90 Å². The van der Waals surface area contributed by atoms with Gasteiger partial charge in [0.15, 0.2) is 6.10 Å². The summed E-state index contributed by atoms with van der Waals surface area (Å²) in [5.41, 5.74) is 0.911. The van der Waals surface area contributed by atoms with E-state index in [1.165, 1.54) is 0 Å². The van der Waals surface area contributed by atoms with E-state index >= 15 is 0 Å². The Morgan fingerprint density at radius 3 is 3.00 bits per heavy atom. The molecule has 0 spiro atoms. The smallest absolute Gasteiger partial charge is 0.263 e. The second-order valence-electron chi connectivity index (χ2n) is 5.64. The van der Waals surface area contributed by atoms with Crippen LogP contribution in [0.25, 0.3) is 0 Å². The van der Waals surface area contributed by atoms with E-state index in [2.05, 4.69) is 0 Å². The molecule has 1 amide bonds. The maximum Gasteiger partial charge on any atom is 0.263 e. The number of carbonyl (C=O) groups is 1. The van der Waals surface area contributed by atoms with E-state index < -0.39 is 6.10 Å². The minimum atomic E-state index is -0.540. The Bertz CT molecular complexity index is 506. The number of likely N-dealkylation sites (tertiary alicyclic amines) is 1. The lowest BCUT2D eigenvalue weighted by Crippen LogP contribution is -2.46. The predicted molar refractivity (Wildman–Crippen MR) is 82.7 cm³/mol. The lowest BCUT2D eigenvalue weighted by Gasteiger charge is -2.33. The molecule has 4 nitrogen and oxygen atoms in total. The average Bonchev–Trinajstić information content (AvgIpc) is 2.49. The van der Waals surface area contributed by atoms with Crippen molar-refractivity contribution in [2.24, 2.45) is 5.92 Å². The number of halogens is 1. The summed E-state index contributed by atoms with van der Waals surface area (Å²) in [5, 5.41) is 9.90. The van der Waals surface area contributed by atoms with Crippen molar-refractivity contribution >= 4 is 17.5 Å². The Morgan fingerprint density at radius 1 is 1.57 bits per heavy atom. The summed E-state index contributed by atoms with van der Waals surface area (Å²) >= 11 is 5.92. The van der Waals surface area contributed by atoms with Gasteiger partial charge in [-0.15, -0.1) is 0 Å². The van der Waals surface area contributed by atoms with Crippen LogP contribution in [0, 0.1) is 12.8 Å². The van der Waals surface area contributed by atoms with Gasteiger partial charge >= 0.3 is 0 Å². The molecule has 2 atom stereocenters. The number of amides is 1. The third-order valence-electron chi connectivity index (χ3n) is 3.88. The molecule has 2 rings (SSSR count). The zero-order valence-electron chi connectivity index (χ0n) is 12.5. The van der Waals surface area contributed by atoms with Gasteiger partial charge in [0.25, 0.3) is 5.91 Å². The number of aliphatic hydroxyl groups excluding tert-OH is 1. The van der Waals surface area contributed by atoms with E-state index in [1.54, 1.807) is 24.0 Å². The molecule has 1 heterocycles. The van der Waals surface area contributed by atoms with E-state index in [-0.39, 0.29) is 18.4 Å². The molecule has 5 heteroatoms. The first-order chi connectivity index (χ1) is 10.0. The van der Waals surface area contributed by atoms with Crippen LogP contribution in [0.15, 0.2) is 18.2 Å². The molecular formula is C16H22ClNO3. The predicted octanol–water partition coefficient (Wildman–Crippen LogP) is 2.65. The fourth-order valence-corrected chi connectivity index (χ4v) is 2.88. The highest BCUT2D eigenvalue weighted by atomic mass is 35.5. The first-order valence-electron chi connectivity index (χ1n) is 7.33. The van der Waals surface area contributed by atoms with E-state index in [1.807, 2.05) is 13.0 Å². The molecule has 1 aromatic carbocycles. The van der Waals surface area contributed by atoms with Gasteiger partial charge in [-0.1, -0.05) is 11.6 Å². The summed E-state index contributed by atoms with van der Waals surface area (Å²) in [6.07, 6.45) is 1.37. The van der Waals surface area contributed by atoms with Crippen LogP contribution >= 0.6 is 11.6 Å². The van der Waals surface area contributed by atoms with Crippen molar-refractivity contribution in [2.75, 3.05) is 19.7 Å². The van der Waals surface area contributed by atoms with Gasteiger partial charge in [0, 0.05) is 24.7 Å². The van der Waals surface area contributed by atoms with Gasteiger partial charge in [0.05, 0.1) is 0 Å². The molecule has 0 aromatic heterocycles. The largest absolute Gasteiger partial charge is 0.481 e. The Labute approximate surface area is 130 Å². The van der Waals surface area contributed by atoms with Crippen LogP contribution in [0.5, 0.6) is 5.75 Å². The number of hydrogen-bond donors (Lipinski definition) is 1. The molecule has 1 N–H and O–H groups in total. The summed E-state index contributed by atoms with van der Waals surface area (Å²) in [4.78, 5) is 14.2. The number of piperidine rings is 1. The van der Waals surface area contributed by atoms with Crippen molar-refractivity contribution in [2.45, 2.75) is 32.8 Å². The third kappa shape index (κ3) is 4.11. The van der Waals surface area contributed by atoms with Crippen LogP contribution in [0.4, 0.5) is 0 Å². The molecule has 1 saturated heterocycles. The molecule has 0 bridgehead atoms. The van der Waals surface area contributed by atoms with Crippen LogP contribution in [0.1, 0.15) is 25.3 Å². The molecular weight excluding hydrogens is 290 g/mol. The molecule has 116 valence electrons. The second kappa shape index (κ2) is 7.14. The van der Waals surface area contributed by atoms with Gasteiger partial charge in [-0.3, -0.25) is 4.79 Å². The molecule has 1 aliphatic heterocycles. The van der Waals surface area contributed by atoms with Crippen LogP contribution in [-0.4, -0.2) is 41.7 Å². The monoisotopic (exact) mass is 311 g/mol. The zero-order valence-corrected chi connectivity index (χ0v) is 13.3. The second-order valence-corrected chi connectivity index (χ2v) is 6.08. The summed E-state index contributed by atoms with van der Waals surface area (Å²) < 4.78 is 5.77. The Hall–Kier alpha value is -1.26. The number of aryl methyl sites for hydroxylation is 1. The van der Waals surface area contributed by atoms with Crippen molar-refractivity contribution in [3.63, 3.8) is 0 Å². The first kappa shape index (κ1) is 16.1. The van der Waals surface area contributed by atoms with Gasteiger partial charge in [0.2, 0.25) is 0 Å². The number of aliphatic hydroxyl groups is 1. The molecule has 0 aliphatic carbocycles. The van der Waals surface area contributed by atoms with E-state index in [4.69, 9.17) is 16.3 Å². The average molecular weight is 312 g/mol. The molecule has 1 aromatic rings. The summed E-state index contributed by atoms with van der Waals surface area (Å²) in [6.45, 7) is 5.15. The lowest BCUT2D eigenvalue weighted by molar-refractivity contribution is -0.140. The molecule has 1 aliphatic rings. The first-order valence-corrected chi connectivity index (χ1v) is 7.71. The maximum absolute atomic E-state index is 12.4. The van der Waals surface area contributed by atoms with Crippen molar-refractivity contribution in [1.29, 1.82) is 0 Å². The van der Waals surface area contributed by atoms with Crippen LogP contribution in [0.2, 0.25) is 5.02 Å². The summed E-state index contributed by atoms with van der Waals surface area (Å²) in [7, 11) is 0. The number of nitrogens with zero attached hydrogens (tertiary/aromatic N) is 1. The fourth-order valence-electron chi connectivity index (χ4n) is 2.66. The Balaban J connectivity index is 1.99. The highest BCUT2D eigenvalue weighted by Gasteiger charge is 2.27. The SMILES string of the molecule is Cc1cc(Cl)ccc1OC(C)C(=O)N1CCCC(CO)C1. The maximum atomic E-state index is 12.4. The molecule has 0 radical (unpaired) electrons.